The molecule has 0 saturated heterocycles. The van der Waals surface area contributed by atoms with Gasteiger partial charge in [-0.2, -0.15) is 4.98 Å². The molecule has 0 amide bonds. The van der Waals surface area contributed by atoms with E-state index in [4.69, 9.17) is 4.52 Å². The van der Waals surface area contributed by atoms with Crippen LogP contribution < -0.4 is 0 Å². The molecule has 3 nitrogen and oxygen atoms in total. The van der Waals surface area contributed by atoms with Crippen LogP contribution in [0.1, 0.15) is 11.5 Å². The molecule has 72 valence electrons. The van der Waals surface area contributed by atoms with E-state index in [1.165, 1.54) is 9.13 Å². The Morgan fingerprint density at radius 3 is 2.64 bits per heavy atom. The number of aryl methyl sites for hydroxylation is 2. The molecule has 0 saturated carbocycles. The highest BCUT2D eigenvalue weighted by Gasteiger charge is 2.06. The third-order valence-electron chi connectivity index (χ3n) is 1.94. The van der Waals surface area contributed by atoms with Crippen LogP contribution in [-0.2, 0) is 0 Å². The Morgan fingerprint density at radius 1 is 1.29 bits per heavy atom. The minimum Gasteiger partial charge on any atom is -0.339 e. The number of benzene rings is 1. The van der Waals surface area contributed by atoms with Gasteiger partial charge >= 0.3 is 0 Å². The van der Waals surface area contributed by atoms with Gasteiger partial charge in [0.15, 0.2) is 0 Å². The van der Waals surface area contributed by atoms with Crippen LogP contribution in [-0.4, -0.2) is 10.1 Å². The number of aromatic nitrogens is 2. The third-order valence-corrected chi connectivity index (χ3v) is 3.15. The van der Waals surface area contributed by atoms with Crippen molar-refractivity contribution in [1.82, 2.24) is 10.1 Å². The van der Waals surface area contributed by atoms with Crippen LogP contribution in [0.4, 0.5) is 0 Å². The molecule has 14 heavy (non-hydrogen) atoms. The lowest BCUT2D eigenvalue weighted by molar-refractivity contribution is 0.394. The number of hydrogen-bond acceptors (Lipinski definition) is 3. The van der Waals surface area contributed by atoms with E-state index in [0.29, 0.717) is 11.7 Å². The Balaban J connectivity index is 2.47. The molecule has 0 atom stereocenters. The minimum atomic E-state index is 0.594. The fourth-order valence-electron chi connectivity index (χ4n) is 1.20. The van der Waals surface area contributed by atoms with Gasteiger partial charge in [-0.05, 0) is 53.3 Å². The van der Waals surface area contributed by atoms with Gasteiger partial charge in [0.25, 0.3) is 0 Å². The smallest absolute Gasteiger partial charge is 0.223 e. The summed E-state index contributed by atoms with van der Waals surface area (Å²) < 4.78 is 6.17. The normalized spacial score (nSPS) is 10.5. The van der Waals surface area contributed by atoms with E-state index in [0.717, 1.165) is 5.56 Å². The van der Waals surface area contributed by atoms with Crippen LogP contribution in [0.3, 0.4) is 0 Å². The molecular formula is C10H9IN2O. The molecule has 0 aliphatic carbocycles. The Labute approximate surface area is 95.7 Å². The van der Waals surface area contributed by atoms with Crippen molar-refractivity contribution in [2.24, 2.45) is 0 Å². The van der Waals surface area contributed by atoms with Crippen molar-refractivity contribution in [2.45, 2.75) is 13.8 Å². The summed E-state index contributed by atoms with van der Waals surface area (Å²) in [7, 11) is 0. The first-order chi connectivity index (χ1) is 6.66. The second-order valence-corrected chi connectivity index (χ2v) is 4.26. The van der Waals surface area contributed by atoms with Crippen molar-refractivity contribution in [2.75, 3.05) is 0 Å². The Kier molecular flexibility index (Phi) is 2.54. The minimum absolute atomic E-state index is 0.594. The summed E-state index contributed by atoms with van der Waals surface area (Å²) in [6.07, 6.45) is 0. The van der Waals surface area contributed by atoms with Gasteiger partial charge in [0.2, 0.25) is 11.7 Å². The van der Waals surface area contributed by atoms with Gasteiger partial charge in [-0.1, -0.05) is 5.16 Å². The van der Waals surface area contributed by atoms with Crippen molar-refractivity contribution in [3.8, 4) is 11.4 Å². The summed E-state index contributed by atoms with van der Waals surface area (Å²) >= 11 is 2.30. The molecule has 0 N–H and O–H groups in total. The molecule has 0 bridgehead atoms. The van der Waals surface area contributed by atoms with Gasteiger partial charge in [0.05, 0.1) is 0 Å². The Hall–Kier alpha value is -0.910. The van der Waals surface area contributed by atoms with E-state index < -0.39 is 0 Å². The van der Waals surface area contributed by atoms with Crippen LogP contribution in [0.5, 0.6) is 0 Å². The molecule has 1 aromatic carbocycles. The van der Waals surface area contributed by atoms with Crippen LogP contribution in [0.25, 0.3) is 11.4 Å². The third kappa shape index (κ3) is 1.79. The largest absolute Gasteiger partial charge is 0.339 e. The molecule has 0 unspecified atom stereocenters. The maximum Gasteiger partial charge on any atom is 0.223 e. The van der Waals surface area contributed by atoms with Crippen LogP contribution in [0.15, 0.2) is 22.7 Å². The van der Waals surface area contributed by atoms with Crippen LogP contribution in [0.2, 0.25) is 0 Å². The maximum absolute atomic E-state index is 4.93. The van der Waals surface area contributed by atoms with E-state index in [1.807, 2.05) is 6.07 Å². The fraction of sp³-hybridized carbons (Fsp3) is 0.200. The predicted molar refractivity (Wildman–Crippen MR) is 61.9 cm³/mol. The Bertz CT molecular complexity index is 465. The summed E-state index contributed by atoms with van der Waals surface area (Å²) in [5.74, 6) is 1.25. The molecule has 4 heteroatoms. The lowest BCUT2D eigenvalue weighted by atomic mass is 10.1. The fourth-order valence-corrected chi connectivity index (χ4v) is 1.54. The summed E-state index contributed by atoms with van der Waals surface area (Å²) in [4.78, 5) is 4.17. The van der Waals surface area contributed by atoms with Gasteiger partial charge in [-0.15, -0.1) is 0 Å². The monoisotopic (exact) mass is 300 g/mol. The van der Waals surface area contributed by atoms with Crippen LogP contribution >= 0.6 is 22.6 Å². The zero-order chi connectivity index (χ0) is 10.1. The first-order valence-corrected chi connectivity index (χ1v) is 5.31. The molecule has 0 spiro atoms. The van der Waals surface area contributed by atoms with E-state index in [1.54, 1.807) is 6.92 Å². The molecule has 1 aromatic heterocycles. The molecule has 1 heterocycles. The first-order valence-electron chi connectivity index (χ1n) is 4.23. The maximum atomic E-state index is 4.93. The second-order valence-electron chi connectivity index (χ2n) is 3.10. The van der Waals surface area contributed by atoms with Gasteiger partial charge in [-0.25, -0.2) is 0 Å². The van der Waals surface area contributed by atoms with Gasteiger partial charge in [-0.3, -0.25) is 0 Å². The van der Waals surface area contributed by atoms with E-state index >= 15 is 0 Å². The van der Waals surface area contributed by atoms with E-state index in [-0.39, 0.29) is 0 Å². The van der Waals surface area contributed by atoms with Gasteiger partial charge < -0.3 is 4.52 Å². The summed E-state index contributed by atoms with van der Waals surface area (Å²) in [5.41, 5.74) is 2.23. The summed E-state index contributed by atoms with van der Waals surface area (Å²) in [6.45, 7) is 3.86. The molecule has 2 aromatic rings. The highest BCUT2D eigenvalue weighted by Crippen LogP contribution is 2.20. The first kappa shape index (κ1) is 9.64. The van der Waals surface area contributed by atoms with Gasteiger partial charge in [0.1, 0.15) is 0 Å². The lowest BCUT2D eigenvalue weighted by Crippen LogP contribution is -1.84. The molecule has 2 rings (SSSR count). The number of hydrogen-bond donors (Lipinski definition) is 0. The van der Waals surface area contributed by atoms with Crippen LogP contribution in [0, 0.1) is 17.4 Å². The van der Waals surface area contributed by atoms with E-state index in [9.17, 15) is 0 Å². The predicted octanol–water partition coefficient (Wildman–Crippen LogP) is 2.96. The number of rotatable bonds is 1. The standard InChI is InChI=1S/C10H9IN2O/c1-6-5-8(3-4-9(6)11)10-12-7(2)14-13-10/h3-5H,1-2H3. The van der Waals surface area contributed by atoms with Gasteiger partial charge in [0, 0.05) is 16.1 Å². The highest BCUT2D eigenvalue weighted by atomic mass is 127. The average molecular weight is 300 g/mol. The summed E-state index contributed by atoms with van der Waals surface area (Å²) in [6, 6.07) is 6.11. The van der Waals surface area contributed by atoms with Crippen molar-refractivity contribution in [1.29, 1.82) is 0 Å². The molecule has 0 aliphatic rings. The van der Waals surface area contributed by atoms with Crippen molar-refractivity contribution in [3.63, 3.8) is 0 Å². The second kappa shape index (κ2) is 3.68. The summed E-state index contributed by atoms with van der Waals surface area (Å²) in [5, 5.41) is 3.87. The van der Waals surface area contributed by atoms with E-state index in [2.05, 4.69) is 51.8 Å². The zero-order valence-corrected chi connectivity index (χ0v) is 10.1. The topological polar surface area (TPSA) is 38.9 Å². The zero-order valence-electron chi connectivity index (χ0n) is 7.91. The van der Waals surface area contributed by atoms with Crippen molar-refractivity contribution >= 4 is 22.6 Å². The number of nitrogens with zero attached hydrogens (tertiary/aromatic N) is 2. The SMILES string of the molecule is Cc1nc(-c2ccc(I)c(C)c2)no1. The lowest BCUT2D eigenvalue weighted by Gasteiger charge is -1.99. The number of halogens is 1. The average Bonchev–Trinajstić information content (AvgIpc) is 2.57. The molecule has 0 radical (unpaired) electrons. The Morgan fingerprint density at radius 2 is 2.07 bits per heavy atom. The highest BCUT2D eigenvalue weighted by molar-refractivity contribution is 14.1. The van der Waals surface area contributed by atoms with Crippen molar-refractivity contribution < 1.29 is 4.52 Å². The molecular weight excluding hydrogens is 291 g/mol. The molecule has 0 aliphatic heterocycles. The molecule has 0 fully saturated rings. The quantitative estimate of drug-likeness (QED) is 0.760. The van der Waals surface area contributed by atoms with Crippen molar-refractivity contribution in [3.05, 3.63) is 33.2 Å².